The molecule has 0 aliphatic carbocycles. The van der Waals surface area contributed by atoms with Gasteiger partial charge in [-0.05, 0) is 17.5 Å². The van der Waals surface area contributed by atoms with Crippen LogP contribution in [0.25, 0.3) is 0 Å². The van der Waals surface area contributed by atoms with E-state index in [0.29, 0.717) is 0 Å². The van der Waals surface area contributed by atoms with Gasteiger partial charge >= 0.3 is 0 Å². The molecule has 0 saturated carbocycles. The van der Waals surface area contributed by atoms with Crippen molar-refractivity contribution in [2.75, 3.05) is 5.75 Å². The molecule has 0 fully saturated rings. The number of benzene rings is 1. The van der Waals surface area contributed by atoms with Crippen LogP contribution in [0, 0.1) is 0 Å². The van der Waals surface area contributed by atoms with E-state index in [0.717, 1.165) is 11.3 Å². The fourth-order valence-corrected chi connectivity index (χ4v) is 1.06. The van der Waals surface area contributed by atoms with Crippen molar-refractivity contribution in [1.82, 2.24) is 0 Å². The Balaban J connectivity index is 2.50. The maximum atomic E-state index is 4.15. The molecule has 0 spiro atoms. The van der Waals surface area contributed by atoms with Crippen molar-refractivity contribution < 1.29 is 0 Å². The van der Waals surface area contributed by atoms with Crippen LogP contribution >= 0.6 is 11.9 Å². The van der Waals surface area contributed by atoms with Gasteiger partial charge in [0, 0.05) is 12.0 Å². The van der Waals surface area contributed by atoms with Crippen LogP contribution in [-0.2, 0) is 0 Å². The van der Waals surface area contributed by atoms with Gasteiger partial charge in [0.15, 0.2) is 0 Å². The molecule has 2 heteroatoms. The summed E-state index contributed by atoms with van der Waals surface area (Å²) < 4.78 is 4.15. The van der Waals surface area contributed by atoms with E-state index in [1.54, 1.807) is 11.9 Å². The number of nitrogens with zero attached hydrogens (tertiary/aromatic N) is 1. The first-order valence-corrected chi connectivity index (χ1v) is 4.58. The molecule has 1 aromatic carbocycles. The van der Waals surface area contributed by atoms with E-state index in [-0.39, 0.29) is 0 Å². The highest BCUT2D eigenvalue weighted by Crippen LogP contribution is 2.01. The quantitative estimate of drug-likeness (QED) is 0.495. The summed E-state index contributed by atoms with van der Waals surface area (Å²) in [5.41, 5.74) is 1.16. The smallest absolute Gasteiger partial charge is 0.0423 e. The zero-order chi connectivity index (χ0) is 7.94. The molecular formula is C9H11NS. The van der Waals surface area contributed by atoms with Gasteiger partial charge in [-0.1, -0.05) is 37.3 Å². The van der Waals surface area contributed by atoms with E-state index in [1.807, 2.05) is 36.5 Å². The van der Waals surface area contributed by atoms with Gasteiger partial charge in [0.2, 0.25) is 0 Å². The lowest BCUT2D eigenvalue weighted by Gasteiger charge is -1.88. The lowest BCUT2D eigenvalue weighted by molar-refractivity contribution is 1.52. The minimum atomic E-state index is 1.03. The Morgan fingerprint density at radius 1 is 1.36 bits per heavy atom. The fourth-order valence-electron chi connectivity index (χ4n) is 0.712. The lowest BCUT2D eigenvalue weighted by Crippen LogP contribution is -1.76. The first-order valence-electron chi connectivity index (χ1n) is 3.64. The van der Waals surface area contributed by atoms with Crippen LogP contribution < -0.4 is 0 Å². The summed E-state index contributed by atoms with van der Waals surface area (Å²) in [5.74, 6) is 1.03. The molecule has 0 heterocycles. The predicted molar refractivity (Wildman–Crippen MR) is 52.2 cm³/mol. The standard InChI is InChI=1S/C9H11NS/c1-2-11-10-8-9-6-4-3-5-7-9/h3-8H,2H2,1H3/b10-8+. The van der Waals surface area contributed by atoms with Crippen LogP contribution in [0.15, 0.2) is 34.7 Å². The summed E-state index contributed by atoms with van der Waals surface area (Å²) >= 11 is 1.57. The van der Waals surface area contributed by atoms with Crippen LogP contribution in [0.2, 0.25) is 0 Å². The molecule has 0 saturated heterocycles. The van der Waals surface area contributed by atoms with Gasteiger partial charge in [0.05, 0.1) is 0 Å². The van der Waals surface area contributed by atoms with Crippen molar-refractivity contribution in [2.24, 2.45) is 4.40 Å². The molecule has 1 aromatic rings. The van der Waals surface area contributed by atoms with Crippen LogP contribution in [0.3, 0.4) is 0 Å². The summed E-state index contributed by atoms with van der Waals surface area (Å²) in [7, 11) is 0. The predicted octanol–water partition coefficient (Wildman–Crippen LogP) is 2.77. The van der Waals surface area contributed by atoms with E-state index in [9.17, 15) is 0 Å². The Morgan fingerprint density at radius 2 is 2.09 bits per heavy atom. The Labute approximate surface area is 71.7 Å². The van der Waals surface area contributed by atoms with Gasteiger partial charge in [0.1, 0.15) is 0 Å². The molecule has 11 heavy (non-hydrogen) atoms. The van der Waals surface area contributed by atoms with Crippen molar-refractivity contribution in [3.63, 3.8) is 0 Å². The molecule has 0 bridgehead atoms. The van der Waals surface area contributed by atoms with E-state index >= 15 is 0 Å². The molecule has 0 N–H and O–H groups in total. The van der Waals surface area contributed by atoms with E-state index in [4.69, 9.17) is 0 Å². The average Bonchev–Trinajstić information content (AvgIpc) is 2.07. The van der Waals surface area contributed by atoms with Gasteiger partial charge < -0.3 is 0 Å². The molecule has 0 aromatic heterocycles. The molecular weight excluding hydrogens is 154 g/mol. The van der Waals surface area contributed by atoms with Gasteiger partial charge in [-0.3, -0.25) is 0 Å². The summed E-state index contributed by atoms with van der Waals surface area (Å²) in [6.45, 7) is 2.09. The zero-order valence-corrected chi connectivity index (χ0v) is 7.34. The highest BCUT2D eigenvalue weighted by Gasteiger charge is 1.81. The topological polar surface area (TPSA) is 12.4 Å². The first-order chi connectivity index (χ1) is 5.43. The lowest BCUT2D eigenvalue weighted by atomic mass is 10.2. The van der Waals surface area contributed by atoms with Crippen LogP contribution in [0.5, 0.6) is 0 Å². The third-order valence-electron chi connectivity index (χ3n) is 1.20. The van der Waals surface area contributed by atoms with Crippen molar-refractivity contribution in [2.45, 2.75) is 6.92 Å². The van der Waals surface area contributed by atoms with Gasteiger partial charge in [0.25, 0.3) is 0 Å². The van der Waals surface area contributed by atoms with Gasteiger partial charge in [-0.2, -0.15) is 0 Å². The largest absolute Gasteiger partial charge is 0.224 e. The van der Waals surface area contributed by atoms with Crippen LogP contribution in [-0.4, -0.2) is 12.0 Å². The molecule has 0 aliphatic rings. The minimum absolute atomic E-state index is 1.03. The molecule has 0 unspecified atom stereocenters. The molecule has 1 nitrogen and oxygen atoms in total. The minimum Gasteiger partial charge on any atom is -0.224 e. The summed E-state index contributed by atoms with van der Waals surface area (Å²) in [6.07, 6.45) is 1.88. The average molecular weight is 165 g/mol. The fraction of sp³-hybridized carbons (Fsp3) is 0.222. The highest BCUT2D eigenvalue weighted by molar-refractivity contribution is 7.98. The Kier molecular flexibility index (Phi) is 3.76. The number of hydrogen-bond donors (Lipinski definition) is 0. The molecule has 0 radical (unpaired) electrons. The second-order valence-corrected chi connectivity index (χ2v) is 3.11. The normalized spacial score (nSPS) is 10.6. The van der Waals surface area contributed by atoms with E-state index in [2.05, 4.69) is 11.3 Å². The second-order valence-electron chi connectivity index (χ2n) is 2.06. The Morgan fingerprint density at radius 3 is 2.73 bits per heavy atom. The highest BCUT2D eigenvalue weighted by atomic mass is 32.2. The SMILES string of the molecule is CCS/N=C/c1ccccc1. The summed E-state index contributed by atoms with van der Waals surface area (Å²) in [6, 6.07) is 10.1. The molecule has 0 aliphatic heterocycles. The third-order valence-corrected chi connectivity index (χ3v) is 1.72. The first kappa shape index (κ1) is 8.34. The van der Waals surface area contributed by atoms with E-state index < -0.39 is 0 Å². The second kappa shape index (κ2) is 4.97. The molecule has 0 atom stereocenters. The number of hydrogen-bond acceptors (Lipinski definition) is 2. The van der Waals surface area contributed by atoms with Crippen LogP contribution in [0.1, 0.15) is 12.5 Å². The maximum Gasteiger partial charge on any atom is 0.0423 e. The monoisotopic (exact) mass is 165 g/mol. The van der Waals surface area contributed by atoms with E-state index in [1.165, 1.54) is 0 Å². The Hall–Kier alpha value is -0.760. The molecule has 58 valence electrons. The third kappa shape index (κ3) is 3.23. The number of rotatable bonds is 3. The summed E-state index contributed by atoms with van der Waals surface area (Å²) in [5, 5.41) is 0. The Bertz CT molecular complexity index is 218. The molecule has 0 amide bonds. The maximum absolute atomic E-state index is 4.15. The van der Waals surface area contributed by atoms with Crippen LogP contribution in [0.4, 0.5) is 0 Å². The summed E-state index contributed by atoms with van der Waals surface area (Å²) in [4.78, 5) is 0. The zero-order valence-electron chi connectivity index (χ0n) is 6.53. The van der Waals surface area contributed by atoms with Gasteiger partial charge in [-0.25, -0.2) is 4.40 Å². The van der Waals surface area contributed by atoms with Gasteiger partial charge in [-0.15, -0.1) is 0 Å². The van der Waals surface area contributed by atoms with Crippen molar-refractivity contribution in [3.05, 3.63) is 35.9 Å². The van der Waals surface area contributed by atoms with Crippen molar-refractivity contribution in [3.8, 4) is 0 Å². The molecule has 1 rings (SSSR count). The van der Waals surface area contributed by atoms with Crippen molar-refractivity contribution in [1.29, 1.82) is 0 Å². The van der Waals surface area contributed by atoms with Crippen molar-refractivity contribution >= 4 is 18.2 Å².